The number of carbonyl (C=O) groups excluding carboxylic acids is 1. The van der Waals surface area contributed by atoms with Crippen LogP contribution in [0.3, 0.4) is 0 Å². The van der Waals surface area contributed by atoms with Crippen molar-refractivity contribution in [1.29, 1.82) is 0 Å². The molecule has 0 saturated heterocycles. The average Bonchev–Trinajstić information content (AvgIpc) is 3.21. The highest BCUT2D eigenvalue weighted by Crippen LogP contribution is 2.37. The molecule has 158 valence electrons. The summed E-state index contributed by atoms with van der Waals surface area (Å²) in [7, 11) is 1.65. The molecule has 7 heteroatoms. The Morgan fingerprint density at radius 1 is 1.03 bits per heavy atom. The van der Waals surface area contributed by atoms with Gasteiger partial charge in [-0.2, -0.15) is 0 Å². The topological polar surface area (TPSA) is 60.3 Å². The zero-order valence-electron chi connectivity index (χ0n) is 17.9. The van der Waals surface area contributed by atoms with Gasteiger partial charge in [0.2, 0.25) is 5.91 Å². The number of hydrogen-bond acceptors (Lipinski definition) is 5. The van der Waals surface area contributed by atoms with Gasteiger partial charge in [-0.3, -0.25) is 4.79 Å². The molecule has 0 fully saturated rings. The van der Waals surface area contributed by atoms with E-state index in [-0.39, 0.29) is 11.2 Å². The van der Waals surface area contributed by atoms with Gasteiger partial charge in [-0.15, -0.1) is 10.2 Å². The maximum Gasteiger partial charge on any atom is 0.240 e. The van der Waals surface area contributed by atoms with Crippen LogP contribution in [0.25, 0.3) is 11.4 Å². The average molecular weight is 425 g/mol. The van der Waals surface area contributed by atoms with Crippen LogP contribution in [0.5, 0.6) is 5.75 Å². The Morgan fingerprint density at radius 2 is 1.70 bits per heavy atom. The lowest BCUT2D eigenvalue weighted by atomic mass is 10.1. The van der Waals surface area contributed by atoms with Crippen LogP contribution in [0.1, 0.15) is 31.6 Å². The third kappa shape index (κ3) is 4.67. The van der Waals surface area contributed by atoms with Crippen molar-refractivity contribution >= 4 is 17.7 Å². The summed E-state index contributed by atoms with van der Waals surface area (Å²) in [6.45, 7) is 8.13. The molecule has 0 aliphatic carbocycles. The minimum atomic E-state index is -0.371. The number of nitrogens with zero attached hydrogens (tertiary/aromatic N) is 4. The van der Waals surface area contributed by atoms with E-state index in [9.17, 15) is 4.79 Å². The number of benzene rings is 2. The van der Waals surface area contributed by atoms with Crippen molar-refractivity contribution in [3.05, 3.63) is 60.2 Å². The fourth-order valence-corrected chi connectivity index (χ4v) is 4.49. The van der Waals surface area contributed by atoms with Gasteiger partial charge in [-0.05, 0) is 50.6 Å². The van der Waals surface area contributed by atoms with Crippen molar-refractivity contribution < 1.29 is 9.53 Å². The Balaban J connectivity index is 1.96. The van der Waals surface area contributed by atoms with E-state index in [1.165, 1.54) is 11.8 Å². The van der Waals surface area contributed by atoms with Crippen LogP contribution in [-0.4, -0.2) is 45.8 Å². The molecular weight excluding hydrogens is 396 g/mol. The van der Waals surface area contributed by atoms with Crippen molar-refractivity contribution in [3.8, 4) is 17.1 Å². The second-order valence-electron chi connectivity index (χ2n) is 6.70. The maximum absolute atomic E-state index is 13.3. The summed E-state index contributed by atoms with van der Waals surface area (Å²) < 4.78 is 7.30. The Kier molecular flexibility index (Phi) is 7.52. The second kappa shape index (κ2) is 10.3. The Labute approximate surface area is 182 Å². The van der Waals surface area contributed by atoms with Crippen LogP contribution < -0.4 is 4.74 Å². The fraction of sp³-hybridized carbons (Fsp3) is 0.348. The molecule has 3 rings (SSSR count). The molecule has 1 amide bonds. The lowest BCUT2D eigenvalue weighted by Crippen LogP contribution is -2.34. The number of ether oxygens (including phenoxy) is 1. The Morgan fingerprint density at radius 3 is 2.27 bits per heavy atom. The lowest BCUT2D eigenvalue weighted by molar-refractivity contribution is -0.130. The first-order valence-corrected chi connectivity index (χ1v) is 11.1. The van der Waals surface area contributed by atoms with Gasteiger partial charge in [0.1, 0.15) is 11.0 Å². The molecule has 0 aliphatic heterocycles. The lowest BCUT2D eigenvalue weighted by Gasteiger charge is -2.25. The molecule has 0 aliphatic rings. The van der Waals surface area contributed by atoms with Crippen LogP contribution in [0.2, 0.25) is 0 Å². The minimum Gasteiger partial charge on any atom is -0.497 e. The molecule has 30 heavy (non-hydrogen) atoms. The molecule has 1 aromatic heterocycles. The van der Waals surface area contributed by atoms with E-state index in [0.29, 0.717) is 19.6 Å². The first kappa shape index (κ1) is 21.9. The predicted octanol–water partition coefficient (Wildman–Crippen LogP) is 4.68. The molecule has 0 radical (unpaired) electrons. The minimum absolute atomic E-state index is 0.0906. The molecule has 1 heterocycles. The van der Waals surface area contributed by atoms with Crippen LogP contribution in [0.4, 0.5) is 0 Å². The summed E-state index contributed by atoms with van der Waals surface area (Å²) in [6, 6.07) is 17.6. The van der Waals surface area contributed by atoms with Gasteiger partial charge in [-0.25, -0.2) is 0 Å². The van der Waals surface area contributed by atoms with E-state index < -0.39 is 0 Å². The molecule has 0 saturated carbocycles. The van der Waals surface area contributed by atoms with Crippen molar-refractivity contribution in [1.82, 2.24) is 19.7 Å². The van der Waals surface area contributed by atoms with Gasteiger partial charge >= 0.3 is 0 Å². The Hall–Kier alpha value is -2.80. The summed E-state index contributed by atoms with van der Waals surface area (Å²) >= 11 is 1.46. The predicted molar refractivity (Wildman–Crippen MR) is 121 cm³/mol. The molecule has 0 spiro atoms. The van der Waals surface area contributed by atoms with E-state index in [1.54, 1.807) is 7.11 Å². The Bertz CT molecular complexity index is 953. The number of amides is 1. The van der Waals surface area contributed by atoms with E-state index in [2.05, 4.69) is 21.7 Å². The number of aromatic nitrogens is 3. The monoisotopic (exact) mass is 424 g/mol. The number of carbonyl (C=O) groups is 1. The number of rotatable bonds is 9. The molecule has 1 atom stereocenters. The molecule has 6 nitrogen and oxygen atoms in total. The molecule has 1 unspecified atom stereocenters. The molecule has 2 aromatic carbocycles. The largest absolute Gasteiger partial charge is 0.497 e. The summed E-state index contributed by atoms with van der Waals surface area (Å²) in [5, 5.41) is 9.23. The van der Waals surface area contributed by atoms with E-state index in [0.717, 1.165) is 27.9 Å². The standard InChI is InChI=1S/C23H28N4O2S/c1-5-26(6-2)22(28)20(17-11-9-8-10-12-17)30-23-25-24-21(27(23)7-3)18-13-15-19(29-4)16-14-18/h8-16,20H,5-7H2,1-4H3. The first-order chi connectivity index (χ1) is 14.6. The smallest absolute Gasteiger partial charge is 0.240 e. The second-order valence-corrected chi connectivity index (χ2v) is 7.77. The highest BCUT2D eigenvalue weighted by Gasteiger charge is 2.28. The van der Waals surface area contributed by atoms with E-state index in [1.807, 2.05) is 73.3 Å². The van der Waals surface area contributed by atoms with Gasteiger partial charge in [0.15, 0.2) is 11.0 Å². The zero-order chi connectivity index (χ0) is 21.5. The van der Waals surface area contributed by atoms with E-state index in [4.69, 9.17) is 4.74 Å². The summed E-state index contributed by atoms with van der Waals surface area (Å²) in [6.07, 6.45) is 0. The van der Waals surface area contributed by atoms with Crippen LogP contribution in [0.15, 0.2) is 59.8 Å². The molecular formula is C23H28N4O2S. The molecule has 0 N–H and O–H groups in total. The first-order valence-electron chi connectivity index (χ1n) is 10.2. The highest BCUT2D eigenvalue weighted by atomic mass is 32.2. The van der Waals surface area contributed by atoms with Crippen molar-refractivity contribution in [2.24, 2.45) is 0 Å². The quantitative estimate of drug-likeness (QED) is 0.467. The van der Waals surface area contributed by atoms with Gasteiger partial charge in [0.05, 0.1) is 7.11 Å². The summed E-state index contributed by atoms with van der Waals surface area (Å²) in [5.41, 5.74) is 1.93. The number of thioether (sulfide) groups is 1. The van der Waals surface area contributed by atoms with Crippen LogP contribution in [0, 0.1) is 0 Å². The van der Waals surface area contributed by atoms with Gasteiger partial charge in [-0.1, -0.05) is 42.1 Å². The maximum atomic E-state index is 13.3. The molecule has 0 bridgehead atoms. The van der Waals surface area contributed by atoms with Crippen LogP contribution >= 0.6 is 11.8 Å². The third-order valence-corrected chi connectivity index (χ3v) is 6.23. The normalized spacial score (nSPS) is 11.9. The van der Waals surface area contributed by atoms with Gasteiger partial charge in [0, 0.05) is 25.2 Å². The van der Waals surface area contributed by atoms with Crippen molar-refractivity contribution in [2.45, 2.75) is 37.7 Å². The SMILES string of the molecule is CCN(CC)C(=O)C(Sc1nnc(-c2ccc(OC)cc2)n1CC)c1ccccc1. The van der Waals surface area contributed by atoms with Crippen molar-refractivity contribution in [2.75, 3.05) is 20.2 Å². The van der Waals surface area contributed by atoms with Gasteiger partial charge in [0.25, 0.3) is 0 Å². The number of likely N-dealkylation sites (N-methyl/N-ethyl adjacent to an activating group) is 1. The van der Waals surface area contributed by atoms with Crippen molar-refractivity contribution in [3.63, 3.8) is 0 Å². The fourth-order valence-electron chi connectivity index (χ4n) is 3.31. The van der Waals surface area contributed by atoms with Crippen LogP contribution in [-0.2, 0) is 11.3 Å². The third-order valence-electron chi connectivity index (χ3n) is 5.01. The van der Waals surface area contributed by atoms with Gasteiger partial charge < -0.3 is 14.2 Å². The van der Waals surface area contributed by atoms with E-state index >= 15 is 0 Å². The number of hydrogen-bond donors (Lipinski definition) is 0. The summed E-state index contributed by atoms with van der Waals surface area (Å²) in [5.74, 6) is 1.67. The highest BCUT2D eigenvalue weighted by molar-refractivity contribution is 8.00. The molecule has 3 aromatic rings. The zero-order valence-corrected chi connectivity index (χ0v) is 18.7. The summed E-state index contributed by atoms with van der Waals surface area (Å²) in [4.78, 5) is 15.2. The number of methoxy groups -OCH3 is 1.